The molecule has 0 radical (unpaired) electrons. The lowest BCUT2D eigenvalue weighted by molar-refractivity contribution is -0.136. The van der Waals surface area contributed by atoms with Crippen LogP contribution < -0.4 is 10.1 Å². The van der Waals surface area contributed by atoms with Crippen LogP contribution in [0, 0.1) is 0 Å². The molecule has 0 spiro atoms. The Balaban J connectivity index is 1.82. The highest BCUT2D eigenvalue weighted by atomic mass is 16.5. The molecule has 166 valence electrons. The van der Waals surface area contributed by atoms with E-state index in [0.29, 0.717) is 18.6 Å². The molecule has 0 fully saturated rings. The standard InChI is InChI=1S/C27H29NO4/c1-2-9-25(22-10-5-3-6-11-22)28-27(31)24-18-20(14-15-21(24)16-17-26(29)30)19-32-23-12-7-4-8-13-23/h3-8,10-15,18,25H,2,9,16-17,19H2,1H3,(H,28,31)(H,29,30). The molecule has 3 aromatic carbocycles. The zero-order chi connectivity index (χ0) is 22.8. The predicted octanol–water partition coefficient (Wildman–Crippen LogP) is 5.55. The number of benzene rings is 3. The van der Waals surface area contributed by atoms with E-state index in [-0.39, 0.29) is 18.4 Å². The third-order valence-electron chi connectivity index (χ3n) is 5.26. The number of carboxylic acid groups (broad SMARTS) is 1. The molecule has 5 heteroatoms. The number of carboxylic acids is 1. The second-order valence-electron chi connectivity index (χ2n) is 7.71. The van der Waals surface area contributed by atoms with Crippen molar-refractivity contribution in [2.75, 3.05) is 0 Å². The van der Waals surface area contributed by atoms with Crippen molar-refractivity contribution in [1.29, 1.82) is 0 Å². The maximum Gasteiger partial charge on any atom is 0.303 e. The van der Waals surface area contributed by atoms with Crippen molar-refractivity contribution < 1.29 is 19.4 Å². The topological polar surface area (TPSA) is 75.6 Å². The number of carbonyl (C=O) groups excluding carboxylic acids is 1. The lowest BCUT2D eigenvalue weighted by atomic mass is 9.97. The summed E-state index contributed by atoms with van der Waals surface area (Å²) in [6.45, 7) is 2.41. The first-order chi connectivity index (χ1) is 15.6. The van der Waals surface area contributed by atoms with Gasteiger partial charge in [-0.1, -0.05) is 74.0 Å². The summed E-state index contributed by atoms with van der Waals surface area (Å²) < 4.78 is 5.83. The minimum absolute atomic E-state index is 0.0305. The number of hydrogen-bond donors (Lipinski definition) is 2. The van der Waals surface area contributed by atoms with Gasteiger partial charge in [0, 0.05) is 12.0 Å². The van der Waals surface area contributed by atoms with Crippen LogP contribution in [0.4, 0.5) is 0 Å². The van der Waals surface area contributed by atoms with Crippen LogP contribution in [0.2, 0.25) is 0 Å². The third-order valence-corrected chi connectivity index (χ3v) is 5.26. The number of hydrogen-bond acceptors (Lipinski definition) is 3. The van der Waals surface area contributed by atoms with Gasteiger partial charge in [0.2, 0.25) is 0 Å². The highest BCUT2D eigenvalue weighted by Crippen LogP contribution is 2.22. The molecular formula is C27H29NO4. The molecule has 3 rings (SSSR count). The number of para-hydroxylation sites is 1. The van der Waals surface area contributed by atoms with Crippen LogP contribution in [0.15, 0.2) is 78.9 Å². The number of amides is 1. The second kappa shape index (κ2) is 11.7. The number of carbonyl (C=O) groups is 2. The van der Waals surface area contributed by atoms with Gasteiger partial charge in [0.05, 0.1) is 6.04 Å². The molecular weight excluding hydrogens is 402 g/mol. The smallest absolute Gasteiger partial charge is 0.303 e. The Labute approximate surface area is 189 Å². The van der Waals surface area contributed by atoms with Gasteiger partial charge in [-0.3, -0.25) is 9.59 Å². The van der Waals surface area contributed by atoms with Crippen molar-refractivity contribution in [2.45, 2.75) is 45.3 Å². The van der Waals surface area contributed by atoms with Crippen LogP contribution in [-0.2, 0) is 17.8 Å². The average molecular weight is 432 g/mol. The highest BCUT2D eigenvalue weighted by molar-refractivity contribution is 5.96. The average Bonchev–Trinajstić information content (AvgIpc) is 2.82. The predicted molar refractivity (Wildman–Crippen MR) is 125 cm³/mol. The molecule has 1 amide bonds. The minimum Gasteiger partial charge on any atom is -0.489 e. The van der Waals surface area contributed by atoms with Gasteiger partial charge < -0.3 is 15.2 Å². The van der Waals surface area contributed by atoms with E-state index in [9.17, 15) is 9.59 Å². The third kappa shape index (κ3) is 6.71. The van der Waals surface area contributed by atoms with E-state index in [1.165, 1.54) is 0 Å². The van der Waals surface area contributed by atoms with Gasteiger partial charge in [-0.15, -0.1) is 0 Å². The molecule has 3 aromatic rings. The zero-order valence-electron chi connectivity index (χ0n) is 18.3. The van der Waals surface area contributed by atoms with Crippen LogP contribution >= 0.6 is 0 Å². The number of aliphatic carboxylic acids is 1. The molecule has 0 aliphatic carbocycles. The first kappa shape index (κ1) is 23.1. The summed E-state index contributed by atoms with van der Waals surface area (Å²) >= 11 is 0. The van der Waals surface area contributed by atoms with E-state index in [1.807, 2.05) is 78.9 Å². The summed E-state index contributed by atoms with van der Waals surface area (Å²) in [7, 11) is 0. The summed E-state index contributed by atoms with van der Waals surface area (Å²) in [5.74, 6) is -0.337. The Kier molecular flexibility index (Phi) is 8.44. The van der Waals surface area contributed by atoms with Crippen molar-refractivity contribution in [3.63, 3.8) is 0 Å². The quantitative estimate of drug-likeness (QED) is 0.417. The first-order valence-corrected chi connectivity index (χ1v) is 10.9. The molecule has 0 aromatic heterocycles. The van der Waals surface area contributed by atoms with Gasteiger partial charge >= 0.3 is 5.97 Å². The van der Waals surface area contributed by atoms with Crippen LogP contribution in [0.1, 0.15) is 59.3 Å². The van der Waals surface area contributed by atoms with E-state index >= 15 is 0 Å². The van der Waals surface area contributed by atoms with Crippen LogP contribution in [0.3, 0.4) is 0 Å². The van der Waals surface area contributed by atoms with Crippen molar-refractivity contribution in [3.05, 3.63) is 101 Å². The Bertz CT molecular complexity index is 1020. The zero-order valence-corrected chi connectivity index (χ0v) is 18.3. The Hall–Kier alpha value is -3.60. The summed E-state index contributed by atoms with van der Waals surface area (Å²) in [4.78, 5) is 24.4. The molecule has 0 bridgehead atoms. The number of ether oxygens (including phenoxy) is 1. The maximum atomic E-state index is 13.3. The highest BCUT2D eigenvalue weighted by Gasteiger charge is 2.18. The van der Waals surface area contributed by atoms with Crippen LogP contribution in [-0.4, -0.2) is 17.0 Å². The van der Waals surface area contributed by atoms with Crippen molar-refractivity contribution >= 4 is 11.9 Å². The van der Waals surface area contributed by atoms with E-state index in [0.717, 1.165) is 35.3 Å². The fourth-order valence-corrected chi connectivity index (χ4v) is 3.60. The van der Waals surface area contributed by atoms with Crippen LogP contribution in [0.5, 0.6) is 5.75 Å². The number of aryl methyl sites for hydroxylation is 1. The largest absolute Gasteiger partial charge is 0.489 e. The van der Waals surface area contributed by atoms with Crippen molar-refractivity contribution in [3.8, 4) is 5.75 Å². The monoisotopic (exact) mass is 431 g/mol. The fourth-order valence-electron chi connectivity index (χ4n) is 3.60. The lowest BCUT2D eigenvalue weighted by Gasteiger charge is -2.20. The van der Waals surface area contributed by atoms with Gasteiger partial charge in [0.15, 0.2) is 0 Å². The molecule has 0 aliphatic heterocycles. The number of rotatable bonds is 11. The molecule has 32 heavy (non-hydrogen) atoms. The Morgan fingerprint density at radius 3 is 2.31 bits per heavy atom. The molecule has 1 unspecified atom stereocenters. The number of nitrogens with one attached hydrogen (secondary N) is 1. The second-order valence-corrected chi connectivity index (χ2v) is 7.71. The van der Waals surface area contributed by atoms with E-state index in [1.54, 1.807) is 0 Å². The normalized spacial score (nSPS) is 11.5. The van der Waals surface area contributed by atoms with Crippen molar-refractivity contribution in [1.82, 2.24) is 5.32 Å². The lowest BCUT2D eigenvalue weighted by Crippen LogP contribution is -2.29. The molecule has 0 heterocycles. The molecule has 1 atom stereocenters. The Morgan fingerprint density at radius 1 is 0.969 bits per heavy atom. The first-order valence-electron chi connectivity index (χ1n) is 10.9. The minimum atomic E-state index is -0.888. The van der Waals surface area contributed by atoms with Gasteiger partial charge in [-0.05, 0) is 47.7 Å². The summed E-state index contributed by atoms with van der Waals surface area (Å²) in [6.07, 6.45) is 2.01. The van der Waals surface area contributed by atoms with Crippen molar-refractivity contribution in [2.24, 2.45) is 0 Å². The fraction of sp³-hybridized carbons (Fsp3) is 0.259. The van der Waals surface area contributed by atoms with Gasteiger partial charge in [-0.2, -0.15) is 0 Å². The Morgan fingerprint density at radius 2 is 1.66 bits per heavy atom. The van der Waals surface area contributed by atoms with Crippen LogP contribution in [0.25, 0.3) is 0 Å². The molecule has 0 saturated carbocycles. The molecule has 0 aliphatic rings. The van der Waals surface area contributed by atoms with E-state index in [4.69, 9.17) is 9.84 Å². The maximum absolute atomic E-state index is 13.3. The summed E-state index contributed by atoms with van der Waals surface area (Å²) in [5, 5.41) is 12.3. The SMILES string of the molecule is CCCC(NC(=O)c1cc(COc2ccccc2)ccc1CCC(=O)O)c1ccccc1. The van der Waals surface area contributed by atoms with Gasteiger partial charge in [-0.25, -0.2) is 0 Å². The summed E-state index contributed by atoms with van der Waals surface area (Å²) in [6, 6.07) is 24.8. The van der Waals surface area contributed by atoms with E-state index < -0.39 is 5.97 Å². The molecule has 2 N–H and O–H groups in total. The molecule has 0 saturated heterocycles. The molecule has 5 nitrogen and oxygen atoms in total. The van der Waals surface area contributed by atoms with E-state index in [2.05, 4.69) is 12.2 Å². The van der Waals surface area contributed by atoms with Gasteiger partial charge in [0.1, 0.15) is 12.4 Å². The summed E-state index contributed by atoms with van der Waals surface area (Å²) in [5.41, 5.74) is 3.12. The van der Waals surface area contributed by atoms with Gasteiger partial charge in [0.25, 0.3) is 5.91 Å².